The summed E-state index contributed by atoms with van der Waals surface area (Å²) >= 11 is 0. The Balaban J connectivity index is 0.00000256. The van der Waals surface area contributed by atoms with Crippen molar-refractivity contribution in [3.05, 3.63) is 30.3 Å². The molecule has 0 unspecified atom stereocenters. The van der Waals surface area contributed by atoms with Crippen LogP contribution in [0.3, 0.4) is 0 Å². The van der Waals surface area contributed by atoms with Gasteiger partial charge in [0.25, 0.3) is 0 Å². The predicted molar refractivity (Wildman–Crippen MR) is 81.1 cm³/mol. The maximum absolute atomic E-state index is 11.8. The van der Waals surface area contributed by atoms with Crippen LogP contribution in [0.25, 0.3) is 0 Å². The van der Waals surface area contributed by atoms with Crippen LogP contribution in [0.15, 0.2) is 35.3 Å². The largest absolute Gasteiger partial charge is 0.858 e. The lowest BCUT2D eigenvalue weighted by molar-refractivity contribution is -0.899. The van der Waals surface area contributed by atoms with Crippen molar-refractivity contribution >= 4 is 35.6 Å². The summed E-state index contributed by atoms with van der Waals surface area (Å²) < 4.78 is 0.745. The molecule has 0 radical (unpaired) electrons. The van der Waals surface area contributed by atoms with Crippen molar-refractivity contribution in [2.24, 2.45) is 4.99 Å². The van der Waals surface area contributed by atoms with Crippen molar-refractivity contribution in [1.29, 1.82) is 0 Å². The molecule has 0 N–H and O–H groups in total. The normalized spacial score (nSPS) is 12.1. The average Bonchev–Trinajstić information content (AvgIpc) is 2.30. The monoisotopic (exact) mass is 348 g/mol. The first kappa shape index (κ1) is 16.4. The van der Waals surface area contributed by atoms with Crippen molar-refractivity contribution in [2.45, 2.75) is 13.8 Å². The fourth-order valence-electron chi connectivity index (χ4n) is 1.46. The first-order valence-electron chi connectivity index (χ1n) is 5.73. The second-order valence-corrected chi connectivity index (χ2v) is 4.25. The number of halogens is 1. The molecule has 0 amide bonds. The van der Waals surface area contributed by atoms with Gasteiger partial charge in [-0.15, -0.1) is 24.0 Å². The SMILES string of the molecule is CC[N+](C)(CC)CC([O-])=Nc1ccccc1.I. The lowest BCUT2D eigenvalue weighted by Crippen LogP contribution is -2.49. The van der Waals surface area contributed by atoms with E-state index in [9.17, 15) is 5.11 Å². The second-order valence-electron chi connectivity index (χ2n) is 4.25. The minimum absolute atomic E-state index is 0. The van der Waals surface area contributed by atoms with E-state index >= 15 is 0 Å². The van der Waals surface area contributed by atoms with Crippen LogP contribution in [-0.4, -0.2) is 37.1 Å². The van der Waals surface area contributed by atoms with Crippen molar-refractivity contribution in [2.75, 3.05) is 26.7 Å². The number of aliphatic imine (C=N–C) groups is 1. The molecule has 0 fully saturated rings. The maximum Gasteiger partial charge on any atom is 0.107 e. The lowest BCUT2D eigenvalue weighted by atomic mass is 10.3. The highest BCUT2D eigenvalue weighted by Gasteiger charge is 2.15. The van der Waals surface area contributed by atoms with Crippen LogP contribution in [0.5, 0.6) is 0 Å². The number of hydrogen-bond acceptors (Lipinski definition) is 2. The molecule has 0 aliphatic heterocycles. The Morgan fingerprint density at radius 2 is 1.71 bits per heavy atom. The van der Waals surface area contributed by atoms with E-state index in [-0.39, 0.29) is 29.9 Å². The number of para-hydroxylation sites is 1. The Kier molecular flexibility index (Phi) is 7.38. The standard InChI is InChI=1S/C13H20N2O.HI/c1-4-15(3,5-2)11-13(16)14-12-9-7-6-8-10-12;/h6-10H,4-5,11H2,1-3H3;1H. The minimum atomic E-state index is -0.0441. The molecule has 0 saturated carbocycles. The second kappa shape index (κ2) is 7.66. The Hall–Kier alpha value is -0.620. The van der Waals surface area contributed by atoms with E-state index in [1.165, 1.54) is 0 Å². The molecule has 0 saturated heterocycles. The van der Waals surface area contributed by atoms with Crippen LogP contribution in [0.1, 0.15) is 13.8 Å². The van der Waals surface area contributed by atoms with Crippen LogP contribution >= 0.6 is 24.0 Å². The van der Waals surface area contributed by atoms with Crippen LogP contribution in [-0.2, 0) is 0 Å². The van der Waals surface area contributed by atoms with E-state index in [1.807, 2.05) is 30.3 Å². The van der Waals surface area contributed by atoms with Gasteiger partial charge in [0.1, 0.15) is 6.54 Å². The zero-order valence-corrected chi connectivity index (χ0v) is 13.0. The third-order valence-electron chi connectivity index (χ3n) is 3.05. The van der Waals surface area contributed by atoms with E-state index < -0.39 is 0 Å². The number of hydrogen-bond donors (Lipinski definition) is 0. The summed E-state index contributed by atoms with van der Waals surface area (Å²) in [5, 5.41) is 11.8. The molecule has 1 aromatic carbocycles. The van der Waals surface area contributed by atoms with Crippen LogP contribution < -0.4 is 5.11 Å². The smallest absolute Gasteiger partial charge is 0.107 e. The molecule has 0 atom stereocenters. The van der Waals surface area contributed by atoms with Gasteiger partial charge in [0.2, 0.25) is 0 Å². The summed E-state index contributed by atoms with van der Waals surface area (Å²) in [6.07, 6.45) is 0. The highest BCUT2D eigenvalue weighted by molar-refractivity contribution is 14.0. The number of nitrogens with zero attached hydrogens (tertiary/aromatic N) is 2. The summed E-state index contributed by atoms with van der Waals surface area (Å²) in [6.45, 7) is 6.57. The highest BCUT2D eigenvalue weighted by atomic mass is 127. The van der Waals surface area contributed by atoms with Gasteiger partial charge in [0.05, 0.1) is 25.8 Å². The third kappa shape index (κ3) is 5.50. The van der Waals surface area contributed by atoms with Gasteiger partial charge in [-0.25, -0.2) is 0 Å². The molecule has 0 aliphatic carbocycles. The summed E-state index contributed by atoms with van der Waals surface area (Å²) in [7, 11) is 2.08. The molecule has 0 spiro atoms. The summed E-state index contributed by atoms with van der Waals surface area (Å²) in [5.74, 6) is -0.0441. The molecule has 0 bridgehead atoms. The summed E-state index contributed by atoms with van der Waals surface area (Å²) in [6, 6.07) is 9.39. The molecular weight excluding hydrogens is 327 g/mol. The summed E-state index contributed by atoms with van der Waals surface area (Å²) in [4.78, 5) is 4.09. The molecule has 0 heterocycles. The quantitative estimate of drug-likeness (QED) is 0.348. The first-order valence-corrected chi connectivity index (χ1v) is 5.73. The number of quaternary nitrogens is 1. The van der Waals surface area contributed by atoms with E-state index in [2.05, 4.69) is 25.9 Å². The van der Waals surface area contributed by atoms with Gasteiger partial charge in [-0.1, -0.05) is 18.2 Å². The fraction of sp³-hybridized carbons (Fsp3) is 0.462. The first-order chi connectivity index (χ1) is 7.59. The van der Waals surface area contributed by atoms with E-state index in [1.54, 1.807) is 0 Å². The van der Waals surface area contributed by atoms with Gasteiger partial charge in [0.15, 0.2) is 0 Å². The van der Waals surface area contributed by atoms with E-state index in [4.69, 9.17) is 0 Å². The van der Waals surface area contributed by atoms with Crippen molar-refractivity contribution in [3.63, 3.8) is 0 Å². The van der Waals surface area contributed by atoms with E-state index in [0.29, 0.717) is 6.54 Å². The molecule has 4 heteroatoms. The topological polar surface area (TPSA) is 35.4 Å². The number of rotatable bonds is 5. The van der Waals surface area contributed by atoms with Gasteiger partial charge < -0.3 is 9.59 Å². The Bertz CT molecular complexity index is 348. The van der Waals surface area contributed by atoms with Gasteiger partial charge in [-0.05, 0) is 26.0 Å². The Labute approximate surface area is 121 Å². The van der Waals surface area contributed by atoms with Crippen LogP contribution in [0.4, 0.5) is 5.69 Å². The number of benzene rings is 1. The Morgan fingerprint density at radius 3 is 2.18 bits per heavy atom. The molecule has 1 aromatic rings. The molecule has 17 heavy (non-hydrogen) atoms. The minimum Gasteiger partial charge on any atom is -0.858 e. The van der Waals surface area contributed by atoms with Crippen molar-refractivity contribution < 1.29 is 9.59 Å². The predicted octanol–water partition coefficient (Wildman–Crippen LogP) is 2.18. The molecule has 0 aliphatic rings. The van der Waals surface area contributed by atoms with Crippen molar-refractivity contribution in [1.82, 2.24) is 0 Å². The molecular formula is C13H21IN2O. The van der Waals surface area contributed by atoms with Gasteiger partial charge in [-0.3, -0.25) is 4.99 Å². The maximum atomic E-state index is 11.8. The molecule has 0 aromatic heterocycles. The lowest BCUT2D eigenvalue weighted by Gasteiger charge is -2.33. The third-order valence-corrected chi connectivity index (χ3v) is 3.05. The molecule has 1 rings (SSSR count). The molecule has 3 nitrogen and oxygen atoms in total. The Morgan fingerprint density at radius 1 is 1.18 bits per heavy atom. The van der Waals surface area contributed by atoms with Crippen molar-refractivity contribution in [3.8, 4) is 0 Å². The zero-order valence-electron chi connectivity index (χ0n) is 10.7. The zero-order chi connectivity index (χ0) is 12.0. The van der Waals surface area contributed by atoms with Crippen LogP contribution in [0, 0.1) is 0 Å². The summed E-state index contributed by atoms with van der Waals surface area (Å²) in [5.41, 5.74) is 0.742. The fourth-order valence-corrected chi connectivity index (χ4v) is 1.46. The van der Waals surface area contributed by atoms with Gasteiger partial charge >= 0.3 is 0 Å². The van der Waals surface area contributed by atoms with E-state index in [0.717, 1.165) is 23.3 Å². The average molecular weight is 348 g/mol. The molecule has 96 valence electrons. The van der Waals surface area contributed by atoms with Gasteiger partial charge in [-0.2, -0.15) is 0 Å². The van der Waals surface area contributed by atoms with Gasteiger partial charge in [0, 0.05) is 5.90 Å². The highest BCUT2D eigenvalue weighted by Crippen LogP contribution is 2.10. The van der Waals surface area contributed by atoms with Crippen LogP contribution in [0.2, 0.25) is 0 Å². The number of likely N-dealkylation sites (N-methyl/N-ethyl adjacent to an activating group) is 1.